The Morgan fingerprint density at radius 2 is 1.18 bits per heavy atom. The molecule has 9 fully saturated rings. The number of rotatable bonds is 17. The van der Waals surface area contributed by atoms with Gasteiger partial charge in [0.05, 0.1) is 55.4 Å². The van der Waals surface area contributed by atoms with Crippen LogP contribution in [0.4, 0.5) is 0 Å². The molecule has 6 aliphatic heterocycles. The molecule has 4 aliphatic carbocycles. The maximum Gasteiger partial charge on any atom is 0.397 e. The van der Waals surface area contributed by atoms with Crippen molar-refractivity contribution in [1.29, 1.82) is 0 Å². The Labute approximate surface area is 494 Å². The zero-order valence-corrected chi connectivity index (χ0v) is 49.9. The fourth-order valence-electron chi connectivity index (χ4n) is 16.2. The van der Waals surface area contributed by atoms with E-state index in [0.717, 1.165) is 19.3 Å². The quantitative estimate of drug-likeness (QED) is 0.0395. The van der Waals surface area contributed by atoms with Crippen LogP contribution in [0.25, 0.3) is 0 Å². The van der Waals surface area contributed by atoms with Gasteiger partial charge in [-0.05, 0) is 119 Å². The Kier molecular flexibility index (Phi) is 19.8. The monoisotopic (exact) mass is 1240 g/mol. The van der Waals surface area contributed by atoms with Gasteiger partial charge in [-0.2, -0.15) is 8.42 Å². The summed E-state index contributed by atoms with van der Waals surface area (Å²) in [5, 5.41) is 146. The molecule has 35 atom stereocenters. The van der Waals surface area contributed by atoms with Crippen molar-refractivity contribution in [3.05, 3.63) is 11.6 Å². The van der Waals surface area contributed by atoms with Gasteiger partial charge in [-0.3, -0.25) is 4.55 Å². The summed E-state index contributed by atoms with van der Waals surface area (Å²) in [6.45, 7) is 13.2. The molecular weight excluding hydrogens is 1150 g/mol. The second kappa shape index (κ2) is 25.3. The summed E-state index contributed by atoms with van der Waals surface area (Å²) in [4.78, 5) is 0. The summed E-state index contributed by atoms with van der Waals surface area (Å²) in [7, 11) is -4.87. The van der Waals surface area contributed by atoms with Gasteiger partial charge in [0.15, 0.2) is 31.5 Å². The summed E-state index contributed by atoms with van der Waals surface area (Å²) < 4.78 is 107. The first-order valence-electron chi connectivity index (χ1n) is 30.1. The first kappa shape index (κ1) is 66.6. The topological polar surface area (TPSA) is 431 Å². The van der Waals surface area contributed by atoms with E-state index in [1.807, 2.05) is 6.92 Å². The molecule has 14 N–H and O–H groups in total. The van der Waals surface area contributed by atoms with Crippen LogP contribution in [0.2, 0.25) is 0 Å². The number of allylic oxidation sites excluding steroid dienone is 2. The third-order valence-corrected chi connectivity index (χ3v) is 21.4. The maximum atomic E-state index is 12.4. The van der Waals surface area contributed by atoms with Crippen LogP contribution in [0.1, 0.15) is 107 Å². The van der Waals surface area contributed by atoms with Gasteiger partial charge in [0.25, 0.3) is 0 Å². The minimum absolute atomic E-state index is 0.0379. The van der Waals surface area contributed by atoms with Crippen LogP contribution in [-0.4, -0.2) is 270 Å². The molecule has 0 aromatic heterocycles. The summed E-state index contributed by atoms with van der Waals surface area (Å²) in [6.07, 6.45) is -36.2. The lowest BCUT2D eigenvalue weighted by molar-refractivity contribution is -0.398. The van der Waals surface area contributed by atoms with Gasteiger partial charge in [0.1, 0.15) is 104 Å². The van der Waals surface area contributed by atoms with Crippen molar-refractivity contribution in [3.8, 4) is 0 Å². The number of ether oxygens (including phenoxy) is 11. The molecule has 0 spiro atoms. The van der Waals surface area contributed by atoms with Crippen molar-refractivity contribution >= 4 is 10.4 Å². The van der Waals surface area contributed by atoms with Crippen LogP contribution >= 0.6 is 0 Å². The number of hydrogen-bond donors (Lipinski definition) is 14. The number of hydrogen-bond acceptors (Lipinski definition) is 27. The van der Waals surface area contributed by atoms with E-state index in [0.29, 0.717) is 25.2 Å². The van der Waals surface area contributed by atoms with Crippen molar-refractivity contribution in [2.24, 2.45) is 40.4 Å². The molecule has 29 heteroatoms. The zero-order valence-electron chi connectivity index (χ0n) is 49.1. The molecule has 6 saturated heterocycles. The maximum absolute atomic E-state index is 12.4. The molecule has 0 aromatic rings. The Morgan fingerprint density at radius 3 is 1.76 bits per heavy atom. The van der Waals surface area contributed by atoms with Crippen molar-refractivity contribution in [2.75, 3.05) is 13.2 Å². The Hall–Kier alpha value is -1.35. The molecule has 10 aliphatic rings. The van der Waals surface area contributed by atoms with Crippen molar-refractivity contribution in [3.63, 3.8) is 0 Å². The number of aliphatic hydroxyl groups excluding tert-OH is 12. The summed E-state index contributed by atoms with van der Waals surface area (Å²) in [5.74, 6) is -0.228. The average molecular weight is 1250 g/mol. The number of fused-ring (bicyclic) bond motifs is 5. The molecule has 0 aromatic carbocycles. The average Bonchev–Trinajstić information content (AvgIpc) is 1.72. The van der Waals surface area contributed by atoms with Gasteiger partial charge in [-0.15, -0.1) is 0 Å². The highest BCUT2D eigenvalue weighted by Gasteiger charge is 2.67. The second-order valence-electron chi connectivity index (χ2n) is 26.9. The lowest BCUT2D eigenvalue weighted by Crippen LogP contribution is -2.67. The molecule has 28 nitrogen and oxygen atoms in total. The first-order chi connectivity index (χ1) is 39.8. The smallest absolute Gasteiger partial charge is 0.394 e. The SMILES string of the molecule is CC(C)C[C@@H]1O[C@H]1[C@](C)(O)[C@H]1CC[C@H]2[C@@H]3C[C@H](O[C@@H]4O[C@H](C)[C@@H](O)[C@H](O[C@@H]5OC[C@@H](O[C@@H]6O[C@H](CO)[C@H](O)[C@H](O)[C@H]6O[C@@H]6O[C@H](C)[C@@H](O)[C@H](O)[C@H]6O)[C@H](O)[C@H]5O[C@@H]5O[C@H](C)[C@@H](O)[C@H](O)[C@H]5O)[C@H]4O)[C@H]4C[C@@H](OS(=O)(=O)O)CC[C@]4(C)C3=CC[C@]12C. The lowest BCUT2D eigenvalue weighted by Gasteiger charge is -2.60. The third-order valence-electron chi connectivity index (χ3n) is 20.9. The molecule has 0 amide bonds. The van der Waals surface area contributed by atoms with E-state index in [2.05, 4.69) is 33.8 Å². The van der Waals surface area contributed by atoms with E-state index >= 15 is 0 Å². The van der Waals surface area contributed by atoms with Crippen molar-refractivity contribution in [2.45, 2.75) is 284 Å². The van der Waals surface area contributed by atoms with Gasteiger partial charge >= 0.3 is 10.4 Å². The molecule has 490 valence electrons. The van der Waals surface area contributed by atoms with Gasteiger partial charge in [-0.1, -0.05) is 39.3 Å². The van der Waals surface area contributed by atoms with Crippen LogP contribution in [-0.2, 0) is 66.7 Å². The van der Waals surface area contributed by atoms with E-state index < -0.39 is 200 Å². The van der Waals surface area contributed by atoms with Crippen LogP contribution in [0.15, 0.2) is 11.6 Å². The van der Waals surface area contributed by atoms with Gasteiger partial charge < -0.3 is 118 Å². The van der Waals surface area contributed by atoms with E-state index in [1.54, 1.807) is 0 Å². The van der Waals surface area contributed by atoms with E-state index in [-0.39, 0.29) is 48.2 Å². The highest BCUT2D eigenvalue weighted by atomic mass is 32.3. The highest BCUT2D eigenvalue weighted by Crippen LogP contribution is 2.68. The first-order valence-corrected chi connectivity index (χ1v) is 31.5. The van der Waals surface area contributed by atoms with Crippen molar-refractivity contribution in [1.82, 2.24) is 0 Å². The van der Waals surface area contributed by atoms with Crippen LogP contribution in [0.5, 0.6) is 0 Å². The zero-order chi connectivity index (χ0) is 61.9. The molecule has 10 rings (SSSR count). The van der Waals surface area contributed by atoms with Gasteiger partial charge in [0, 0.05) is 0 Å². The molecule has 6 heterocycles. The van der Waals surface area contributed by atoms with Crippen LogP contribution in [0.3, 0.4) is 0 Å². The number of aliphatic hydroxyl groups is 13. The molecule has 0 unspecified atom stereocenters. The number of epoxide rings is 1. The lowest BCUT2D eigenvalue weighted by atomic mass is 9.47. The minimum atomic E-state index is -4.87. The van der Waals surface area contributed by atoms with E-state index in [9.17, 15) is 79.4 Å². The van der Waals surface area contributed by atoms with Crippen molar-refractivity contribution < 1.29 is 136 Å². The third kappa shape index (κ3) is 12.7. The second-order valence-corrected chi connectivity index (χ2v) is 28.0. The Morgan fingerprint density at radius 1 is 0.612 bits per heavy atom. The normalized spacial score (nSPS) is 53.7. The molecule has 85 heavy (non-hydrogen) atoms. The summed E-state index contributed by atoms with van der Waals surface area (Å²) >= 11 is 0. The predicted octanol–water partition coefficient (Wildman–Crippen LogP) is -2.87. The fraction of sp³-hybridized carbons (Fsp3) is 0.964. The van der Waals surface area contributed by atoms with Crippen LogP contribution in [0, 0.1) is 40.4 Å². The van der Waals surface area contributed by atoms with E-state index in [4.69, 9.17) is 56.3 Å². The summed E-state index contributed by atoms with van der Waals surface area (Å²) in [5.41, 5.74) is -0.895. The van der Waals surface area contributed by atoms with Crippen LogP contribution < -0.4 is 0 Å². The molecular formula is C56H92O28S. The molecule has 0 bridgehead atoms. The fourth-order valence-corrected chi connectivity index (χ4v) is 16.7. The van der Waals surface area contributed by atoms with Gasteiger partial charge in [0.2, 0.25) is 0 Å². The summed E-state index contributed by atoms with van der Waals surface area (Å²) in [6, 6.07) is 0. The minimum Gasteiger partial charge on any atom is -0.394 e. The highest BCUT2D eigenvalue weighted by molar-refractivity contribution is 7.80. The largest absolute Gasteiger partial charge is 0.397 e. The van der Waals surface area contributed by atoms with Gasteiger partial charge in [-0.25, -0.2) is 4.18 Å². The Balaban J connectivity index is 0.911. The molecule has 0 radical (unpaired) electrons. The van der Waals surface area contributed by atoms with E-state index in [1.165, 1.54) is 26.3 Å². The molecule has 3 saturated carbocycles. The standard InChI is InChI=1S/C56H92O28S/c1-20(2)15-30-48(77-30)56(8,69)33-10-9-26-25-17-29(28-16-24(84-85(70,71)72)11-13-54(28,6)27(25)12-14-55(26,33)7)78-51-44(68)45(36(60)23(5)76-51)81-52-46(82-49-42(66)39(63)34(58)21(3)74-49)38(62)32(19-73-52)80-53-47(41(65)37(61)31(18-57)79-53)83-50-43(67)40(64)35(59)22(4)75-50/h12,20-26,28-53,57-69H,9-11,13-19H2,1-8H3,(H,70,71,72)/t21-,22-,23-,24+,25+,26+,28-,29+,30+,31-,32-,33+,34-,35-,36-,37+,38+,39+,40+,41+,42-,43-,44-,45+,46-,47-,48-,49+,50+,51+,52+,53+,54-,55+,56-/m1/s1. The predicted molar refractivity (Wildman–Crippen MR) is 285 cm³/mol. The Bertz CT molecular complexity index is 2430.